The predicted octanol–water partition coefficient (Wildman–Crippen LogP) is 2.14. The van der Waals surface area contributed by atoms with Crippen LogP contribution in [0, 0.1) is 0 Å². The van der Waals surface area contributed by atoms with E-state index < -0.39 is 0 Å². The molecule has 1 aromatic heterocycles. The highest BCUT2D eigenvalue weighted by Gasteiger charge is 2.22. The highest BCUT2D eigenvalue weighted by atomic mass is 32.1. The van der Waals surface area contributed by atoms with Gasteiger partial charge in [-0.15, -0.1) is 11.3 Å². The minimum atomic E-state index is 0.105. The number of oxime groups is 1. The highest BCUT2D eigenvalue weighted by molar-refractivity contribution is 7.10. The lowest BCUT2D eigenvalue weighted by atomic mass is 9.91. The Bertz CT molecular complexity index is 360. The molecule has 0 amide bonds. The molecular weight excluding hydrogens is 234 g/mol. The zero-order valence-electron chi connectivity index (χ0n) is 10.6. The van der Waals surface area contributed by atoms with Crippen LogP contribution < -0.4 is 11.1 Å². The third-order valence-corrected chi connectivity index (χ3v) is 3.96. The maximum atomic E-state index is 8.50. The summed E-state index contributed by atoms with van der Waals surface area (Å²) in [5, 5.41) is 17.0. The second-order valence-corrected chi connectivity index (χ2v) is 5.89. The van der Waals surface area contributed by atoms with E-state index in [1.807, 2.05) is 6.92 Å². The van der Waals surface area contributed by atoms with Gasteiger partial charge in [-0.3, -0.25) is 0 Å². The molecule has 4 nitrogen and oxygen atoms in total. The Hall–Kier alpha value is -1.07. The van der Waals surface area contributed by atoms with E-state index in [1.165, 1.54) is 4.88 Å². The highest BCUT2D eigenvalue weighted by Crippen LogP contribution is 2.26. The molecule has 1 aromatic rings. The lowest BCUT2D eigenvalue weighted by Gasteiger charge is -2.26. The molecule has 0 aromatic carbocycles. The van der Waals surface area contributed by atoms with Crippen LogP contribution in [-0.4, -0.2) is 23.6 Å². The Morgan fingerprint density at radius 2 is 2.35 bits per heavy atom. The Balaban J connectivity index is 2.45. The molecule has 0 radical (unpaired) electrons. The van der Waals surface area contributed by atoms with Gasteiger partial charge in [-0.1, -0.05) is 25.1 Å². The minimum absolute atomic E-state index is 0.105. The number of nitrogens with zero attached hydrogens (tertiary/aromatic N) is 1. The van der Waals surface area contributed by atoms with Gasteiger partial charge in [0.2, 0.25) is 0 Å². The van der Waals surface area contributed by atoms with Gasteiger partial charge in [0.15, 0.2) is 0 Å². The second kappa shape index (κ2) is 6.02. The first-order valence-corrected chi connectivity index (χ1v) is 6.57. The summed E-state index contributed by atoms with van der Waals surface area (Å²) in [7, 11) is 0. The van der Waals surface area contributed by atoms with Crippen molar-refractivity contribution in [1.82, 2.24) is 5.32 Å². The predicted molar refractivity (Wildman–Crippen MR) is 72.8 cm³/mol. The first kappa shape index (κ1) is 14.0. The fourth-order valence-electron chi connectivity index (χ4n) is 1.61. The molecule has 1 rings (SSSR count). The first-order valence-electron chi connectivity index (χ1n) is 5.69. The number of hydrogen-bond acceptors (Lipinski definition) is 4. The zero-order chi connectivity index (χ0) is 12.9. The van der Waals surface area contributed by atoms with Crippen LogP contribution in [0.5, 0.6) is 0 Å². The Morgan fingerprint density at radius 1 is 1.65 bits per heavy atom. The summed E-state index contributed by atoms with van der Waals surface area (Å²) in [5.74, 6) is 0.263. The fourth-order valence-corrected chi connectivity index (χ4v) is 2.46. The van der Waals surface area contributed by atoms with Crippen molar-refractivity contribution in [2.45, 2.75) is 38.6 Å². The van der Waals surface area contributed by atoms with Gasteiger partial charge in [0.25, 0.3) is 0 Å². The Labute approximate surface area is 107 Å². The Morgan fingerprint density at radius 3 is 2.88 bits per heavy atom. The molecule has 5 heteroatoms. The molecule has 1 unspecified atom stereocenters. The van der Waals surface area contributed by atoms with Gasteiger partial charge in [0.1, 0.15) is 5.84 Å². The van der Waals surface area contributed by atoms with E-state index in [4.69, 9.17) is 10.9 Å². The standard InChI is InChI=1S/C12H21N3OS/c1-9(7-11(13)15-16)14-8-12(2,3)10-5-4-6-17-10/h4-6,9,14,16H,7-8H2,1-3H3,(H2,13,15). The van der Waals surface area contributed by atoms with Gasteiger partial charge in [-0.2, -0.15) is 0 Å². The van der Waals surface area contributed by atoms with Crippen molar-refractivity contribution in [2.75, 3.05) is 6.54 Å². The van der Waals surface area contributed by atoms with Gasteiger partial charge < -0.3 is 16.3 Å². The molecule has 1 heterocycles. The van der Waals surface area contributed by atoms with Crippen molar-refractivity contribution >= 4 is 17.2 Å². The molecule has 0 aliphatic carbocycles. The van der Waals surface area contributed by atoms with E-state index in [0.717, 1.165) is 6.54 Å². The van der Waals surface area contributed by atoms with E-state index >= 15 is 0 Å². The molecule has 0 saturated heterocycles. The second-order valence-electron chi connectivity index (χ2n) is 4.94. The van der Waals surface area contributed by atoms with Gasteiger partial charge in [-0.25, -0.2) is 0 Å². The van der Waals surface area contributed by atoms with E-state index in [9.17, 15) is 0 Å². The van der Waals surface area contributed by atoms with E-state index in [1.54, 1.807) is 11.3 Å². The number of rotatable bonds is 6. The van der Waals surface area contributed by atoms with Crippen LogP contribution >= 0.6 is 11.3 Å². The average molecular weight is 255 g/mol. The van der Waals surface area contributed by atoms with Crippen LogP contribution in [0.3, 0.4) is 0 Å². The lowest BCUT2D eigenvalue weighted by molar-refractivity contribution is 0.315. The maximum absolute atomic E-state index is 8.50. The van der Waals surface area contributed by atoms with Crippen molar-refractivity contribution in [3.63, 3.8) is 0 Å². The average Bonchev–Trinajstić information content (AvgIpc) is 2.80. The smallest absolute Gasteiger partial charge is 0.140 e. The van der Waals surface area contributed by atoms with Crippen molar-refractivity contribution in [1.29, 1.82) is 0 Å². The number of thiophene rings is 1. The van der Waals surface area contributed by atoms with Crippen LogP contribution in [0.4, 0.5) is 0 Å². The van der Waals surface area contributed by atoms with Crippen LogP contribution in [0.1, 0.15) is 32.1 Å². The molecule has 0 spiro atoms. The SMILES string of the molecule is CC(C/C(N)=N/O)NCC(C)(C)c1cccs1. The number of amidine groups is 1. The molecule has 96 valence electrons. The van der Waals surface area contributed by atoms with Gasteiger partial charge in [0, 0.05) is 29.3 Å². The third kappa shape index (κ3) is 4.36. The summed E-state index contributed by atoms with van der Waals surface area (Å²) in [6.07, 6.45) is 0.553. The van der Waals surface area contributed by atoms with Crippen molar-refractivity contribution < 1.29 is 5.21 Å². The number of nitrogens with two attached hydrogens (primary N) is 1. The molecular formula is C12H21N3OS. The van der Waals surface area contributed by atoms with E-state index in [2.05, 4.69) is 41.8 Å². The molecule has 0 bridgehead atoms. The monoisotopic (exact) mass is 255 g/mol. The molecule has 0 saturated carbocycles. The summed E-state index contributed by atoms with van der Waals surface area (Å²) in [5.41, 5.74) is 5.57. The largest absolute Gasteiger partial charge is 0.409 e. The minimum Gasteiger partial charge on any atom is -0.409 e. The molecule has 1 atom stereocenters. The van der Waals surface area contributed by atoms with E-state index in [0.29, 0.717) is 6.42 Å². The van der Waals surface area contributed by atoms with Gasteiger partial charge >= 0.3 is 0 Å². The van der Waals surface area contributed by atoms with Gasteiger partial charge in [0.05, 0.1) is 0 Å². The number of hydrogen-bond donors (Lipinski definition) is 3. The lowest BCUT2D eigenvalue weighted by Crippen LogP contribution is -2.39. The summed E-state index contributed by atoms with van der Waals surface area (Å²) >= 11 is 1.77. The van der Waals surface area contributed by atoms with Crippen molar-refractivity contribution in [3.05, 3.63) is 22.4 Å². The zero-order valence-corrected chi connectivity index (χ0v) is 11.4. The maximum Gasteiger partial charge on any atom is 0.140 e. The van der Waals surface area contributed by atoms with Crippen LogP contribution in [0.2, 0.25) is 0 Å². The van der Waals surface area contributed by atoms with Crippen molar-refractivity contribution in [2.24, 2.45) is 10.9 Å². The summed E-state index contributed by atoms with van der Waals surface area (Å²) in [4.78, 5) is 1.36. The summed E-state index contributed by atoms with van der Waals surface area (Å²) in [6, 6.07) is 4.42. The molecule has 4 N–H and O–H groups in total. The van der Waals surface area contributed by atoms with Crippen LogP contribution in [0.25, 0.3) is 0 Å². The first-order chi connectivity index (χ1) is 7.95. The molecule has 17 heavy (non-hydrogen) atoms. The molecule has 0 aliphatic rings. The number of nitrogens with one attached hydrogen (secondary N) is 1. The van der Waals surface area contributed by atoms with E-state index in [-0.39, 0.29) is 17.3 Å². The van der Waals surface area contributed by atoms with Crippen LogP contribution in [-0.2, 0) is 5.41 Å². The fraction of sp³-hybridized carbons (Fsp3) is 0.583. The Kier molecular flexibility index (Phi) is 4.96. The summed E-state index contributed by atoms with van der Waals surface area (Å²) < 4.78 is 0. The van der Waals surface area contributed by atoms with Crippen LogP contribution in [0.15, 0.2) is 22.7 Å². The molecule has 0 fully saturated rings. The quantitative estimate of drug-likeness (QED) is 0.316. The summed E-state index contributed by atoms with van der Waals surface area (Å²) in [6.45, 7) is 7.32. The normalized spacial score (nSPS) is 14.9. The van der Waals surface area contributed by atoms with Crippen molar-refractivity contribution in [3.8, 4) is 0 Å². The molecule has 0 aliphatic heterocycles. The third-order valence-electron chi connectivity index (χ3n) is 2.72. The van der Waals surface area contributed by atoms with Gasteiger partial charge in [-0.05, 0) is 18.4 Å². The topological polar surface area (TPSA) is 70.6 Å².